The molecule has 0 saturated carbocycles. The summed E-state index contributed by atoms with van der Waals surface area (Å²) >= 11 is 0. The van der Waals surface area contributed by atoms with Gasteiger partial charge < -0.3 is 10.1 Å². The molecule has 2 nitrogen and oxygen atoms in total. The Morgan fingerprint density at radius 3 is 2.42 bits per heavy atom. The van der Waals surface area contributed by atoms with Crippen LogP contribution in [0.15, 0.2) is 18.2 Å². The van der Waals surface area contributed by atoms with Gasteiger partial charge >= 0.3 is 0 Å². The molecule has 1 N–H and O–H groups in total. The molecule has 2 heteroatoms. The summed E-state index contributed by atoms with van der Waals surface area (Å²) in [4.78, 5) is 0. The first-order valence-corrected chi connectivity index (χ1v) is 7.28. The molecule has 1 aromatic carbocycles. The summed E-state index contributed by atoms with van der Waals surface area (Å²) < 4.78 is 6.01. The van der Waals surface area contributed by atoms with E-state index in [1.54, 1.807) is 0 Å². The molecule has 0 bridgehead atoms. The van der Waals surface area contributed by atoms with Gasteiger partial charge in [0.2, 0.25) is 0 Å². The molecule has 1 unspecified atom stereocenters. The van der Waals surface area contributed by atoms with Crippen LogP contribution in [0.1, 0.15) is 45.2 Å². The summed E-state index contributed by atoms with van der Waals surface area (Å²) in [5.41, 5.74) is 2.69. The number of nitrogens with one attached hydrogen (secondary N) is 1. The Kier molecular flexibility index (Phi) is 5.86. The van der Waals surface area contributed by atoms with Gasteiger partial charge in [0, 0.05) is 6.04 Å². The van der Waals surface area contributed by atoms with Crippen molar-refractivity contribution in [3.8, 4) is 5.75 Å². The predicted molar refractivity (Wildman–Crippen MR) is 82.9 cm³/mol. The van der Waals surface area contributed by atoms with Crippen LogP contribution < -0.4 is 10.1 Å². The fraction of sp³-hybridized carbons (Fsp3) is 0.647. The van der Waals surface area contributed by atoms with Gasteiger partial charge in [-0.2, -0.15) is 0 Å². The molecule has 0 fully saturated rings. The number of hydrogen-bond acceptors (Lipinski definition) is 2. The monoisotopic (exact) mass is 263 g/mol. The zero-order valence-corrected chi connectivity index (χ0v) is 13.3. The SMILES string of the molecule is CCCNC(COc1ccc(C)cc1C)C(C)(C)C. The van der Waals surface area contributed by atoms with Crippen LogP contribution in [0.4, 0.5) is 0 Å². The molecule has 0 heterocycles. The maximum Gasteiger partial charge on any atom is 0.122 e. The van der Waals surface area contributed by atoms with E-state index >= 15 is 0 Å². The molecule has 0 spiro atoms. The van der Waals surface area contributed by atoms with Crippen LogP contribution in [0, 0.1) is 19.3 Å². The second-order valence-electron chi connectivity index (χ2n) is 6.45. The van der Waals surface area contributed by atoms with Crippen LogP contribution in [0.2, 0.25) is 0 Å². The van der Waals surface area contributed by atoms with Crippen LogP contribution in [0.3, 0.4) is 0 Å². The summed E-state index contributed by atoms with van der Waals surface area (Å²) in [6, 6.07) is 6.71. The first kappa shape index (κ1) is 16.0. The van der Waals surface area contributed by atoms with Gasteiger partial charge in [-0.3, -0.25) is 0 Å². The van der Waals surface area contributed by atoms with Gasteiger partial charge in [0.1, 0.15) is 12.4 Å². The average molecular weight is 263 g/mol. The van der Waals surface area contributed by atoms with Gasteiger partial charge in [-0.15, -0.1) is 0 Å². The smallest absolute Gasteiger partial charge is 0.122 e. The fourth-order valence-corrected chi connectivity index (χ4v) is 2.07. The Hall–Kier alpha value is -1.02. The molecule has 0 radical (unpaired) electrons. The highest BCUT2D eigenvalue weighted by Gasteiger charge is 2.24. The second-order valence-corrected chi connectivity index (χ2v) is 6.45. The molecule has 108 valence electrons. The van der Waals surface area contributed by atoms with Crippen LogP contribution in [0.5, 0.6) is 5.75 Å². The summed E-state index contributed by atoms with van der Waals surface area (Å²) in [7, 11) is 0. The van der Waals surface area contributed by atoms with Crippen molar-refractivity contribution in [2.75, 3.05) is 13.2 Å². The summed E-state index contributed by atoms with van der Waals surface area (Å²) in [5, 5.41) is 3.59. The molecular formula is C17H29NO. The first-order chi connectivity index (χ1) is 8.84. The van der Waals surface area contributed by atoms with E-state index < -0.39 is 0 Å². The Morgan fingerprint density at radius 1 is 1.21 bits per heavy atom. The standard InChI is InChI=1S/C17H29NO/c1-7-10-18-16(17(4,5)6)12-19-15-9-8-13(2)11-14(15)3/h8-9,11,16,18H,7,10,12H2,1-6H3. The van der Waals surface area contributed by atoms with Gasteiger partial charge in [-0.05, 0) is 43.9 Å². The number of benzene rings is 1. The maximum atomic E-state index is 6.01. The van der Waals surface area contributed by atoms with Crippen molar-refractivity contribution in [3.63, 3.8) is 0 Å². The largest absolute Gasteiger partial charge is 0.492 e. The highest BCUT2D eigenvalue weighted by molar-refractivity contribution is 5.35. The topological polar surface area (TPSA) is 21.3 Å². The van der Waals surface area contributed by atoms with E-state index in [4.69, 9.17) is 4.74 Å². The first-order valence-electron chi connectivity index (χ1n) is 7.28. The van der Waals surface area contributed by atoms with Crippen molar-refractivity contribution in [2.24, 2.45) is 5.41 Å². The quantitative estimate of drug-likeness (QED) is 0.834. The summed E-state index contributed by atoms with van der Waals surface area (Å²) in [5.74, 6) is 0.998. The van der Waals surface area contributed by atoms with E-state index in [9.17, 15) is 0 Å². The van der Waals surface area contributed by atoms with Gasteiger partial charge in [0.25, 0.3) is 0 Å². The number of hydrogen-bond donors (Lipinski definition) is 1. The lowest BCUT2D eigenvalue weighted by atomic mass is 9.87. The van der Waals surface area contributed by atoms with Crippen LogP contribution >= 0.6 is 0 Å². The zero-order valence-electron chi connectivity index (χ0n) is 13.3. The molecule has 0 saturated heterocycles. The molecule has 0 aliphatic heterocycles. The minimum atomic E-state index is 0.202. The van der Waals surface area contributed by atoms with Gasteiger partial charge in [0.05, 0.1) is 0 Å². The molecule has 1 aromatic rings. The van der Waals surface area contributed by atoms with Crippen molar-refractivity contribution in [1.29, 1.82) is 0 Å². The Morgan fingerprint density at radius 2 is 1.89 bits per heavy atom. The van der Waals surface area contributed by atoms with E-state index in [1.165, 1.54) is 11.1 Å². The Labute approximate surface area is 118 Å². The Bertz CT molecular complexity index is 393. The lowest BCUT2D eigenvalue weighted by Crippen LogP contribution is -2.45. The lowest BCUT2D eigenvalue weighted by Gasteiger charge is -2.31. The van der Waals surface area contributed by atoms with Crippen molar-refractivity contribution >= 4 is 0 Å². The van der Waals surface area contributed by atoms with Crippen molar-refractivity contribution in [1.82, 2.24) is 5.32 Å². The van der Waals surface area contributed by atoms with Crippen LogP contribution in [-0.4, -0.2) is 19.2 Å². The zero-order chi connectivity index (χ0) is 14.5. The third-order valence-electron chi connectivity index (χ3n) is 3.42. The van der Waals surface area contributed by atoms with Crippen molar-refractivity contribution < 1.29 is 4.74 Å². The van der Waals surface area contributed by atoms with E-state index in [-0.39, 0.29) is 5.41 Å². The number of rotatable bonds is 6. The molecule has 0 aliphatic rings. The predicted octanol–water partition coefficient (Wildman–Crippen LogP) is 4.10. The van der Waals surface area contributed by atoms with Crippen LogP contribution in [0.25, 0.3) is 0 Å². The fourth-order valence-electron chi connectivity index (χ4n) is 2.07. The van der Waals surface area contributed by atoms with E-state index in [2.05, 4.69) is 65.1 Å². The Balaban J connectivity index is 2.65. The molecule has 0 aromatic heterocycles. The summed E-state index contributed by atoms with van der Waals surface area (Å²) in [6.07, 6.45) is 1.15. The lowest BCUT2D eigenvalue weighted by molar-refractivity contribution is 0.173. The minimum absolute atomic E-state index is 0.202. The average Bonchev–Trinajstić information content (AvgIpc) is 2.29. The minimum Gasteiger partial charge on any atom is -0.492 e. The van der Waals surface area contributed by atoms with Gasteiger partial charge in [-0.25, -0.2) is 0 Å². The third-order valence-corrected chi connectivity index (χ3v) is 3.42. The van der Waals surface area contributed by atoms with Gasteiger partial charge in [0.15, 0.2) is 0 Å². The molecular weight excluding hydrogens is 234 g/mol. The highest BCUT2D eigenvalue weighted by Crippen LogP contribution is 2.23. The molecule has 0 amide bonds. The normalized spacial score (nSPS) is 13.4. The van der Waals surface area contributed by atoms with E-state index in [0.29, 0.717) is 12.6 Å². The van der Waals surface area contributed by atoms with Gasteiger partial charge in [-0.1, -0.05) is 45.4 Å². The molecule has 19 heavy (non-hydrogen) atoms. The third kappa shape index (κ3) is 5.23. The highest BCUT2D eigenvalue weighted by atomic mass is 16.5. The second kappa shape index (κ2) is 6.95. The molecule has 1 rings (SSSR count). The maximum absolute atomic E-state index is 6.01. The number of ether oxygens (including phenoxy) is 1. The van der Waals surface area contributed by atoms with E-state index in [0.717, 1.165) is 18.7 Å². The number of aryl methyl sites for hydroxylation is 2. The van der Waals surface area contributed by atoms with E-state index in [1.807, 2.05) is 0 Å². The molecule has 0 aliphatic carbocycles. The molecule has 1 atom stereocenters. The summed E-state index contributed by atoms with van der Waals surface area (Å²) in [6.45, 7) is 14.9. The van der Waals surface area contributed by atoms with Crippen molar-refractivity contribution in [2.45, 2.75) is 54.0 Å². The van der Waals surface area contributed by atoms with Crippen LogP contribution in [-0.2, 0) is 0 Å². The van der Waals surface area contributed by atoms with Crippen molar-refractivity contribution in [3.05, 3.63) is 29.3 Å².